The molecule has 1 amide bonds. The van der Waals surface area contributed by atoms with E-state index in [2.05, 4.69) is 11.1 Å². The van der Waals surface area contributed by atoms with Crippen molar-refractivity contribution in [3.05, 3.63) is 81.6 Å². The second-order valence-electron chi connectivity index (χ2n) is 13.3. The standard InChI is InChI=1S/C38H48Cl2N2O10/c39-30-20-25(23-51-38(11-12-38)29-21-41-13-10-27(29)28-6-1-2-7-33(28)52-26-8-9-26)31(40)19-24(30)5-3-4-14-42(15-17-50-18-16-43)37(49)36(48)35(47)34(46)32(45)22-44/h1-2,6-7,10,13,19-21,26,32,34-36,43-48H,3-5,8-9,11-12,14-18,22-23H2/t32-,34+,35-,36-/m0/s1. The first-order valence-corrected chi connectivity index (χ1v) is 18.5. The van der Waals surface area contributed by atoms with Gasteiger partial charge in [-0.1, -0.05) is 41.4 Å². The Kier molecular flexibility index (Phi) is 14.7. The quantitative estimate of drug-likeness (QED) is 0.0826. The largest absolute Gasteiger partial charge is 0.490 e. The number of halogens is 2. The van der Waals surface area contributed by atoms with Crippen molar-refractivity contribution in [3.63, 3.8) is 0 Å². The van der Waals surface area contributed by atoms with Crippen LogP contribution in [-0.4, -0.2) is 116 Å². The van der Waals surface area contributed by atoms with Crippen molar-refractivity contribution in [1.82, 2.24) is 9.88 Å². The molecule has 52 heavy (non-hydrogen) atoms. The number of unbranched alkanes of at least 4 members (excludes halogenated alkanes) is 1. The maximum Gasteiger partial charge on any atom is 0.254 e. The molecule has 0 aliphatic heterocycles. The fourth-order valence-electron chi connectivity index (χ4n) is 6.05. The number of hydrogen-bond acceptors (Lipinski definition) is 11. The molecule has 0 saturated heterocycles. The van der Waals surface area contributed by atoms with Gasteiger partial charge in [0.05, 0.1) is 44.7 Å². The van der Waals surface area contributed by atoms with Crippen molar-refractivity contribution >= 4 is 29.1 Å². The van der Waals surface area contributed by atoms with Gasteiger partial charge in [0.2, 0.25) is 0 Å². The minimum absolute atomic E-state index is 0.0470. The maximum atomic E-state index is 13.0. The summed E-state index contributed by atoms with van der Waals surface area (Å²) in [5.41, 5.74) is 4.13. The summed E-state index contributed by atoms with van der Waals surface area (Å²) in [6.07, 6.45) is 1.62. The normalized spacial score (nSPS) is 17.3. The van der Waals surface area contributed by atoms with Gasteiger partial charge in [0.1, 0.15) is 24.1 Å². The Balaban J connectivity index is 1.18. The van der Waals surface area contributed by atoms with Gasteiger partial charge in [-0.3, -0.25) is 9.78 Å². The first kappa shape index (κ1) is 40.3. The van der Waals surface area contributed by atoms with Crippen LogP contribution in [0.1, 0.15) is 55.2 Å². The second kappa shape index (κ2) is 18.9. The Bertz CT molecular complexity index is 1620. The minimum Gasteiger partial charge on any atom is -0.490 e. The highest BCUT2D eigenvalue weighted by Gasteiger charge is 2.48. The Morgan fingerprint density at radius 1 is 0.923 bits per heavy atom. The third-order valence-electron chi connectivity index (χ3n) is 9.42. The van der Waals surface area contributed by atoms with Gasteiger partial charge in [-0.15, -0.1) is 0 Å². The van der Waals surface area contributed by atoms with E-state index < -0.39 is 42.5 Å². The van der Waals surface area contributed by atoms with Crippen LogP contribution in [0.5, 0.6) is 5.75 Å². The number of pyridine rings is 1. The van der Waals surface area contributed by atoms with Gasteiger partial charge in [-0.25, -0.2) is 0 Å². The number of aromatic nitrogens is 1. The molecule has 284 valence electrons. The molecule has 4 atom stereocenters. The first-order chi connectivity index (χ1) is 25.1. The number of nitrogens with zero attached hydrogens (tertiary/aromatic N) is 2. The number of benzene rings is 2. The van der Waals surface area contributed by atoms with Gasteiger partial charge >= 0.3 is 0 Å². The highest BCUT2D eigenvalue weighted by molar-refractivity contribution is 6.34. The van der Waals surface area contributed by atoms with E-state index in [0.29, 0.717) is 29.3 Å². The van der Waals surface area contributed by atoms with Crippen LogP contribution in [0.3, 0.4) is 0 Å². The molecule has 1 aromatic heterocycles. The molecule has 12 nitrogen and oxygen atoms in total. The van der Waals surface area contributed by atoms with Crippen LogP contribution in [0.15, 0.2) is 54.9 Å². The number of para-hydroxylation sites is 1. The third kappa shape index (κ3) is 10.4. The number of carbonyl (C=O) groups is 1. The molecule has 0 unspecified atom stereocenters. The van der Waals surface area contributed by atoms with E-state index in [1.807, 2.05) is 42.6 Å². The van der Waals surface area contributed by atoms with E-state index >= 15 is 0 Å². The molecule has 6 N–H and O–H groups in total. The number of aliphatic hydroxyl groups excluding tert-OH is 6. The second-order valence-corrected chi connectivity index (χ2v) is 14.2. The molecule has 3 aromatic rings. The molecule has 2 aliphatic rings. The molecule has 0 radical (unpaired) electrons. The number of rotatable bonds is 22. The van der Waals surface area contributed by atoms with Crippen molar-refractivity contribution < 1.29 is 49.6 Å². The molecular formula is C38H48Cl2N2O10. The van der Waals surface area contributed by atoms with Crippen molar-refractivity contribution in [2.75, 3.05) is 39.5 Å². The summed E-state index contributed by atoms with van der Waals surface area (Å²) in [6.45, 7) is -0.468. The number of carbonyl (C=O) groups excluding carboxylic acids is 1. The van der Waals surface area contributed by atoms with Gasteiger partial charge in [0.15, 0.2) is 6.10 Å². The maximum absolute atomic E-state index is 13.0. The summed E-state index contributed by atoms with van der Waals surface area (Å²) in [5.74, 6) is -0.0198. The lowest BCUT2D eigenvalue weighted by Crippen LogP contribution is -2.53. The molecule has 0 spiro atoms. The van der Waals surface area contributed by atoms with Crippen LogP contribution in [0.4, 0.5) is 0 Å². The Hall–Kier alpha value is -2.88. The summed E-state index contributed by atoms with van der Waals surface area (Å²) in [7, 11) is 0. The molecule has 5 rings (SSSR count). The smallest absolute Gasteiger partial charge is 0.254 e. The van der Waals surface area contributed by atoms with Crippen LogP contribution < -0.4 is 4.74 Å². The highest BCUT2D eigenvalue weighted by atomic mass is 35.5. The Labute approximate surface area is 313 Å². The highest BCUT2D eigenvalue weighted by Crippen LogP contribution is 2.53. The van der Waals surface area contributed by atoms with E-state index in [1.165, 1.54) is 4.90 Å². The molecule has 2 aromatic carbocycles. The molecular weight excluding hydrogens is 715 g/mol. The average molecular weight is 764 g/mol. The van der Waals surface area contributed by atoms with Crippen LogP contribution in [0.25, 0.3) is 11.1 Å². The van der Waals surface area contributed by atoms with E-state index in [-0.39, 0.29) is 45.6 Å². The van der Waals surface area contributed by atoms with Crippen LogP contribution >= 0.6 is 23.2 Å². The monoisotopic (exact) mass is 762 g/mol. The number of aryl methyl sites for hydroxylation is 1. The summed E-state index contributed by atoms with van der Waals surface area (Å²) in [5, 5.41) is 59.4. The lowest BCUT2D eigenvalue weighted by Gasteiger charge is -2.30. The van der Waals surface area contributed by atoms with E-state index in [4.69, 9.17) is 47.6 Å². The average Bonchev–Trinajstić information content (AvgIpc) is 4.11. The van der Waals surface area contributed by atoms with E-state index in [9.17, 15) is 25.2 Å². The van der Waals surface area contributed by atoms with Crippen LogP contribution in [0.2, 0.25) is 10.0 Å². The number of hydrogen-bond donors (Lipinski definition) is 6. The lowest BCUT2D eigenvalue weighted by molar-refractivity contribution is -0.159. The van der Waals surface area contributed by atoms with E-state index in [0.717, 1.165) is 59.3 Å². The van der Waals surface area contributed by atoms with Crippen molar-refractivity contribution in [1.29, 1.82) is 0 Å². The van der Waals surface area contributed by atoms with Crippen molar-refractivity contribution in [3.8, 4) is 16.9 Å². The van der Waals surface area contributed by atoms with Gasteiger partial charge < -0.3 is 49.7 Å². The number of aliphatic hydroxyl groups is 6. The zero-order valence-electron chi connectivity index (χ0n) is 28.9. The minimum atomic E-state index is -2.05. The molecule has 2 saturated carbocycles. The van der Waals surface area contributed by atoms with Crippen LogP contribution in [0, 0.1) is 0 Å². The fourth-order valence-corrected chi connectivity index (χ4v) is 6.57. The number of ether oxygens (including phenoxy) is 3. The predicted octanol–water partition coefficient (Wildman–Crippen LogP) is 3.40. The SMILES string of the molecule is O=C([C@@H](O)[C@@H](O)[C@H](O)[C@@H](O)CO)N(CCCCc1cc(Cl)c(COC2(c3cnccc3-c3ccccc3OC3CC3)CC2)cc1Cl)CCOCCO. The third-order valence-corrected chi connectivity index (χ3v) is 10.1. The molecule has 2 aliphatic carbocycles. The molecule has 14 heteroatoms. The first-order valence-electron chi connectivity index (χ1n) is 17.7. The van der Waals surface area contributed by atoms with E-state index in [1.54, 1.807) is 6.20 Å². The fraction of sp³-hybridized carbons (Fsp3) is 0.526. The molecule has 2 fully saturated rings. The lowest BCUT2D eigenvalue weighted by atomic mass is 9.96. The Morgan fingerprint density at radius 3 is 2.37 bits per heavy atom. The number of amides is 1. The van der Waals surface area contributed by atoms with Gasteiger partial charge in [-0.05, 0) is 85.9 Å². The zero-order chi connectivity index (χ0) is 37.3. The topological polar surface area (TPSA) is 182 Å². The molecule has 1 heterocycles. The van der Waals surface area contributed by atoms with Crippen molar-refractivity contribution in [2.24, 2.45) is 0 Å². The summed E-state index contributed by atoms with van der Waals surface area (Å²) < 4.78 is 18.1. The molecule has 0 bridgehead atoms. The Morgan fingerprint density at radius 2 is 1.65 bits per heavy atom. The zero-order valence-corrected chi connectivity index (χ0v) is 30.5. The van der Waals surface area contributed by atoms with Gasteiger partial charge in [0.25, 0.3) is 5.91 Å². The predicted molar refractivity (Wildman–Crippen MR) is 194 cm³/mol. The summed E-state index contributed by atoms with van der Waals surface area (Å²) in [6, 6.07) is 13.7. The van der Waals surface area contributed by atoms with Gasteiger partial charge in [0, 0.05) is 46.7 Å². The summed E-state index contributed by atoms with van der Waals surface area (Å²) >= 11 is 13.5. The van der Waals surface area contributed by atoms with Crippen molar-refractivity contribution in [2.45, 2.75) is 87.7 Å². The van der Waals surface area contributed by atoms with Crippen LogP contribution in [-0.2, 0) is 32.9 Å². The summed E-state index contributed by atoms with van der Waals surface area (Å²) in [4.78, 5) is 18.7. The van der Waals surface area contributed by atoms with Gasteiger partial charge in [-0.2, -0.15) is 0 Å².